The van der Waals surface area contributed by atoms with E-state index in [9.17, 15) is 0 Å². The van der Waals surface area contributed by atoms with E-state index >= 15 is 0 Å². The lowest BCUT2D eigenvalue weighted by Gasteiger charge is -2.01. The number of hydrogen-bond donors (Lipinski definition) is 1. The molecule has 2 N–H and O–H groups in total. The number of hydrogen-bond acceptors (Lipinski definition) is 3. The summed E-state index contributed by atoms with van der Waals surface area (Å²) >= 11 is 0. The van der Waals surface area contributed by atoms with Crippen molar-refractivity contribution < 1.29 is 4.84 Å². The fourth-order valence-electron chi connectivity index (χ4n) is 0.220. The molecule has 1 aliphatic heterocycles. The van der Waals surface area contributed by atoms with Crippen molar-refractivity contribution in [2.24, 2.45) is 0 Å². The van der Waals surface area contributed by atoms with Gasteiger partial charge in [-0.2, -0.15) is 0 Å². The summed E-state index contributed by atoms with van der Waals surface area (Å²) in [5.41, 5.74) is 2.42. The number of rotatable bonds is 0. The van der Waals surface area contributed by atoms with Crippen molar-refractivity contribution >= 4 is 0 Å². The highest BCUT2D eigenvalue weighted by molar-refractivity contribution is 4.69. The summed E-state index contributed by atoms with van der Waals surface area (Å²) in [4.78, 5) is 4.36. The molecule has 0 saturated carbocycles. The molecule has 1 heterocycles. The minimum Gasteiger partial charge on any atom is -0.376 e. The van der Waals surface area contributed by atoms with Gasteiger partial charge in [-0.25, -0.2) is 0 Å². The van der Waals surface area contributed by atoms with E-state index in [2.05, 4.69) is 10.3 Å². The van der Waals surface area contributed by atoms with Crippen molar-refractivity contribution in [3.05, 3.63) is 12.5 Å². The first-order chi connectivity index (χ1) is 2.89. The molecule has 0 aliphatic carbocycles. The first-order valence-corrected chi connectivity index (χ1v) is 1.49. The average molecular weight is 86.1 g/mol. The standard InChI is InChI=1S/C2H4N3O/c3-5-4-1-2-6-5/h1-4H. The van der Waals surface area contributed by atoms with Gasteiger partial charge in [0, 0.05) is 5.28 Å². The van der Waals surface area contributed by atoms with E-state index in [1.807, 2.05) is 0 Å². The van der Waals surface area contributed by atoms with Gasteiger partial charge >= 0.3 is 0 Å². The molecular weight excluding hydrogens is 82.0 g/mol. The molecule has 0 aromatic rings. The van der Waals surface area contributed by atoms with Gasteiger partial charge in [0.1, 0.15) is 6.26 Å². The van der Waals surface area contributed by atoms with Crippen molar-refractivity contribution in [1.29, 1.82) is 0 Å². The van der Waals surface area contributed by atoms with E-state index in [-0.39, 0.29) is 0 Å². The van der Waals surface area contributed by atoms with Crippen LogP contribution < -0.4 is 11.3 Å². The fraction of sp³-hybridized carbons (Fsp3) is 0. The molecule has 0 bridgehead atoms. The zero-order chi connectivity index (χ0) is 4.41. The Morgan fingerprint density at radius 2 is 2.67 bits per heavy atom. The summed E-state index contributed by atoms with van der Waals surface area (Å²) in [5, 5.41) is 0.750. The highest BCUT2D eigenvalue weighted by Crippen LogP contribution is 1.85. The maximum absolute atomic E-state index is 6.57. The molecule has 0 unspecified atom stereocenters. The van der Waals surface area contributed by atoms with Crippen LogP contribution in [0.3, 0.4) is 0 Å². The van der Waals surface area contributed by atoms with E-state index in [0.717, 1.165) is 5.28 Å². The van der Waals surface area contributed by atoms with Gasteiger partial charge in [-0.05, 0) is 0 Å². The molecule has 0 amide bonds. The van der Waals surface area contributed by atoms with Crippen LogP contribution in [-0.2, 0) is 4.84 Å². The Morgan fingerprint density at radius 1 is 1.83 bits per heavy atom. The number of nitrogens with zero attached hydrogens (tertiary/aromatic N) is 1. The van der Waals surface area contributed by atoms with Gasteiger partial charge < -0.3 is 4.84 Å². The monoisotopic (exact) mass is 86.0 g/mol. The van der Waals surface area contributed by atoms with E-state index < -0.39 is 0 Å². The van der Waals surface area contributed by atoms with Crippen LogP contribution in [0.5, 0.6) is 0 Å². The Kier molecular flexibility index (Phi) is 0.664. The van der Waals surface area contributed by atoms with Crippen molar-refractivity contribution in [2.75, 3.05) is 0 Å². The maximum Gasteiger partial charge on any atom is 0.133 e. The molecule has 0 spiro atoms. The zero-order valence-electron chi connectivity index (χ0n) is 3.01. The highest BCUT2D eigenvalue weighted by Gasteiger charge is 1.95. The highest BCUT2D eigenvalue weighted by atomic mass is 16.7. The molecule has 0 aromatic heterocycles. The van der Waals surface area contributed by atoms with Gasteiger partial charge in [0.15, 0.2) is 0 Å². The predicted octanol–water partition coefficient (Wildman–Crippen LogP) is -0.593. The minimum atomic E-state index is 0.750. The lowest BCUT2D eigenvalue weighted by Crippen LogP contribution is -2.25. The van der Waals surface area contributed by atoms with Crippen molar-refractivity contribution in [2.45, 2.75) is 0 Å². The number of nitrogens with one attached hydrogen (secondary N) is 2. The van der Waals surface area contributed by atoms with Crippen LogP contribution in [0.25, 0.3) is 0 Å². The Morgan fingerprint density at radius 3 is 2.83 bits per heavy atom. The molecule has 0 aromatic carbocycles. The van der Waals surface area contributed by atoms with Crippen molar-refractivity contribution in [3.8, 4) is 0 Å². The lowest BCUT2D eigenvalue weighted by atomic mass is 11.0. The summed E-state index contributed by atoms with van der Waals surface area (Å²) in [5.74, 6) is 6.57. The third kappa shape index (κ3) is 0.425. The Labute approximate surface area is 35.1 Å². The minimum absolute atomic E-state index is 0.750. The molecular formula is C2H4N3O. The first-order valence-electron chi connectivity index (χ1n) is 1.49. The normalized spacial score (nSPS) is 20.2. The first kappa shape index (κ1) is 3.45. The quantitative estimate of drug-likeness (QED) is 0.428. The van der Waals surface area contributed by atoms with Gasteiger partial charge in [-0.1, -0.05) is 0 Å². The largest absolute Gasteiger partial charge is 0.376 e. The molecule has 0 atom stereocenters. The summed E-state index contributed by atoms with van der Waals surface area (Å²) in [7, 11) is 0. The molecule has 4 nitrogen and oxygen atoms in total. The zero-order valence-corrected chi connectivity index (χ0v) is 3.01. The molecule has 0 fully saturated rings. The lowest BCUT2D eigenvalue weighted by molar-refractivity contribution is -0.124. The van der Waals surface area contributed by atoms with Crippen LogP contribution in [0, 0.1) is 0 Å². The summed E-state index contributed by atoms with van der Waals surface area (Å²) < 4.78 is 0. The molecule has 6 heavy (non-hydrogen) atoms. The second kappa shape index (κ2) is 1.16. The maximum atomic E-state index is 6.57. The van der Waals surface area contributed by atoms with Gasteiger partial charge in [0.25, 0.3) is 0 Å². The second-order valence-electron chi connectivity index (χ2n) is 0.832. The topological polar surface area (TPSA) is 48.3 Å². The Balaban J connectivity index is 2.32. The van der Waals surface area contributed by atoms with E-state index in [1.54, 1.807) is 0 Å². The van der Waals surface area contributed by atoms with Crippen molar-refractivity contribution in [3.63, 3.8) is 0 Å². The molecule has 1 radical (unpaired) electrons. The second-order valence-corrected chi connectivity index (χ2v) is 0.832. The Hall–Kier alpha value is -0.740. The molecule has 1 aliphatic rings. The van der Waals surface area contributed by atoms with E-state index in [1.165, 1.54) is 12.5 Å². The van der Waals surface area contributed by atoms with Gasteiger partial charge in [-0.3, -0.25) is 5.43 Å². The molecule has 0 saturated heterocycles. The summed E-state index contributed by atoms with van der Waals surface area (Å²) in [6, 6.07) is 0. The van der Waals surface area contributed by atoms with Crippen LogP contribution in [-0.4, -0.2) is 5.28 Å². The van der Waals surface area contributed by atoms with Crippen LogP contribution in [0.1, 0.15) is 0 Å². The summed E-state index contributed by atoms with van der Waals surface area (Å²) in [6.45, 7) is 0. The van der Waals surface area contributed by atoms with Crippen molar-refractivity contribution in [1.82, 2.24) is 16.5 Å². The Bertz CT molecular complexity index is 63.2. The number of hydrazine groups is 1. The van der Waals surface area contributed by atoms with Gasteiger partial charge in [0.05, 0.1) is 6.20 Å². The van der Waals surface area contributed by atoms with Crippen LogP contribution in [0.15, 0.2) is 12.5 Å². The predicted molar refractivity (Wildman–Crippen MR) is 18.3 cm³/mol. The molecule has 33 valence electrons. The van der Waals surface area contributed by atoms with E-state index in [4.69, 9.17) is 5.84 Å². The third-order valence-electron chi connectivity index (χ3n) is 0.426. The van der Waals surface area contributed by atoms with Crippen LogP contribution in [0.2, 0.25) is 0 Å². The van der Waals surface area contributed by atoms with Crippen LogP contribution >= 0.6 is 0 Å². The third-order valence-corrected chi connectivity index (χ3v) is 0.426. The average Bonchev–Trinajstić information content (AvgIpc) is 1.86. The van der Waals surface area contributed by atoms with Gasteiger partial charge in [-0.15, -0.1) is 5.84 Å². The fourth-order valence-corrected chi connectivity index (χ4v) is 0.220. The van der Waals surface area contributed by atoms with E-state index in [0.29, 0.717) is 0 Å². The summed E-state index contributed by atoms with van der Waals surface area (Å²) in [6.07, 6.45) is 2.90. The van der Waals surface area contributed by atoms with Crippen LogP contribution in [0.4, 0.5) is 0 Å². The van der Waals surface area contributed by atoms with Gasteiger partial charge in [0.2, 0.25) is 0 Å². The molecule has 4 heteroatoms. The smallest absolute Gasteiger partial charge is 0.133 e. The SMILES string of the molecule is [NH]N1NC=CO1. The molecule has 1 rings (SSSR count).